The Morgan fingerprint density at radius 2 is 1.77 bits per heavy atom. The molecule has 25 heteroatoms. The molecule has 2 aliphatic rings. The number of alkyl halides is 7. The first kappa shape index (κ1) is 42.4. The van der Waals surface area contributed by atoms with Gasteiger partial charge >= 0.3 is 6.18 Å². The SMILES string of the molecule is CPN(c1nn(C)c2c(-n3c(C(Cc4cc(F)cc(F)c4)NC(=O)Cn4nc(C(F)F)c5c4C(F)(F)[C@@H]4C[C@H]54)nc4nc(C(F)(F)F)ccc4c3=O)ccc(Cl)c12)S(C)(=O)=O. The number of rotatable bonds is 11. The molecule has 0 spiro atoms. The largest absolute Gasteiger partial charge is 0.433 e. The summed E-state index contributed by atoms with van der Waals surface area (Å²) in [5, 5.41) is 9.88. The number of fused-ring (bicyclic) bond motifs is 5. The van der Waals surface area contributed by atoms with Crippen molar-refractivity contribution in [2.75, 3.05) is 17.0 Å². The van der Waals surface area contributed by atoms with Crippen molar-refractivity contribution < 1.29 is 52.7 Å². The highest BCUT2D eigenvalue weighted by molar-refractivity contribution is 7.97. The number of carbonyl (C=O) groups excluding carboxylic acids is 1. The highest BCUT2D eigenvalue weighted by Crippen LogP contribution is 2.68. The maximum atomic E-state index is 15.4. The quantitative estimate of drug-likeness (QED) is 0.107. The first-order valence-corrected chi connectivity index (χ1v) is 21.5. The summed E-state index contributed by atoms with van der Waals surface area (Å²) in [5.41, 5.74) is -6.00. The maximum absolute atomic E-state index is 15.4. The molecule has 4 heterocycles. The van der Waals surface area contributed by atoms with Gasteiger partial charge in [-0.2, -0.15) is 32.1 Å². The van der Waals surface area contributed by atoms with Gasteiger partial charge in [-0.05, 0) is 69.7 Å². The van der Waals surface area contributed by atoms with Gasteiger partial charge in [-0.1, -0.05) is 11.6 Å². The van der Waals surface area contributed by atoms with Crippen LogP contribution in [0.4, 0.5) is 45.3 Å². The standard InChI is InChI=1S/C36H28ClF9N9O4PS/c1-52-28-22(6-5-20(37)26(28)33(51-52)55(60-2)61(3,58)59)54-32(49-31-17(34(54)57)4-7-23(48-31)36(44,45)46)21(10-14-8-15(38)11-16(39)9-14)47-24(56)13-53-29-25(27(50-53)30(40)41)18-12-19(18)35(29,42)43/h4-9,11,18-19,21,30,60H,10,12-13H2,1-3H3,(H,47,56)/t18-,19+,21?/m0/s1. The van der Waals surface area contributed by atoms with E-state index in [1.54, 1.807) is 0 Å². The molecule has 6 aromatic rings. The molecule has 2 aliphatic carbocycles. The summed E-state index contributed by atoms with van der Waals surface area (Å²) in [5.74, 6) is -10.0. The summed E-state index contributed by atoms with van der Waals surface area (Å²) in [6.07, 6.45) is -8.15. The zero-order valence-corrected chi connectivity index (χ0v) is 33.9. The number of aromatic nitrogens is 7. The van der Waals surface area contributed by atoms with Gasteiger partial charge in [-0.3, -0.25) is 23.5 Å². The number of anilines is 1. The second-order valence-electron chi connectivity index (χ2n) is 14.4. The van der Waals surface area contributed by atoms with E-state index in [1.807, 2.05) is 0 Å². The lowest BCUT2D eigenvalue weighted by Gasteiger charge is -2.24. The van der Waals surface area contributed by atoms with Crippen molar-refractivity contribution in [2.24, 2.45) is 13.0 Å². The third-order valence-corrected chi connectivity index (χ3v) is 13.7. The van der Waals surface area contributed by atoms with E-state index in [2.05, 4.69) is 25.5 Å². The summed E-state index contributed by atoms with van der Waals surface area (Å²) < 4.78 is 159. The maximum Gasteiger partial charge on any atom is 0.433 e. The number of hydrogen-bond acceptors (Lipinski definition) is 8. The van der Waals surface area contributed by atoms with E-state index in [4.69, 9.17) is 11.6 Å². The van der Waals surface area contributed by atoms with Gasteiger partial charge in [-0.25, -0.2) is 40.0 Å². The van der Waals surface area contributed by atoms with Gasteiger partial charge in [-0.15, -0.1) is 0 Å². The zero-order chi connectivity index (χ0) is 44.2. The molecule has 0 aliphatic heterocycles. The van der Waals surface area contributed by atoms with Crippen LogP contribution in [-0.2, 0) is 46.9 Å². The van der Waals surface area contributed by atoms with Crippen molar-refractivity contribution in [2.45, 2.75) is 49.9 Å². The van der Waals surface area contributed by atoms with Crippen LogP contribution in [0.5, 0.6) is 0 Å². The Balaban J connectivity index is 1.36. The van der Waals surface area contributed by atoms with Crippen LogP contribution in [0.15, 0.2) is 47.3 Å². The van der Waals surface area contributed by atoms with Crippen molar-refractivity contribution >= 4 is 64.0 Å². The number of nitrogens with one attached hydrogen (secondary N) is 1. The van der Waals surface area contributed by atoms with Gasteiger partial charge in [0.25, 0.3) is 17.9 Å². The molecule has 1 saturated carbocycles. The summed E-state index contributed by atoms with van der Waals surface area (Å²) in [7, 11) is -3.04. The molecule has 0 radical (unpaired) electrons. The van der Waals surface area contributed by atoms with Crippen molar-refractivity contribution in [1.82, 2.24) is 39.4 Å². The Morgan fingerprint density at radius 1 is 1.08 bits per heavy atom. The summed E-state index contributed by atoms with van der Waals surface area (Å²) >= 11 is 6.63. The van der Waals surface area contributed by atoms with Crippen molar-refractivity contribution in [3.05, 3.63) is 104 Å². The second kappa shape index (κ2) is 14.7. The fraction of sp³-hybridized carbons (Fsp3) is 0.333. The molecule has 0 bridgehead atoms. The minimum atomic E-state index is -5.04. The van der Waals surface area contributed by atoms with Crippen LogP contribution in [0.2, 0.25) is 5.02 Å². The molecule has 1 amide bonds. The third kappa shape index (κ3) is 7.26. The van der Waals surface area contributed by atoms with Crippen molar-refractivity contribution in [1.29, 1.82) is 0 Å². The molecular formula is C36H28ClF9N9O4PS. The van der Waals surface area contributed by atoms with Gasteiger partial charge in [0.05, 0.1) is 39.3 Å². The molecule has 4 aromatic heterocycles. The number of sulfonamides is 1. The number of halogens is 10. The Morgan fingerprint density at radius 3 is 2.39 bits per heavy atom. The number of hydrogen-bond donors (Lipinski definition) is 1. The summed E-state index contributed by atoms with van der Waals surface area (Å²) in [6, 6.07) is 4.25. The number of benzene rings is 2. The number of carbonyl (C=O) groups is 1. The van der Waals surface area contributed by atoms with Gasteiger partial charge < -0.3 is 5.32 Å². The third-order valence-electron chi connectivity index (χ3n) is 10.4. The number of nitrogens with zero attached hydrogens (tertiary/aromatic N) is 8. The number of pyridine rings is 1. The monoisotopic (exact) mass is 919 g/mol. The molecule has 2 aromatic carbocycles. The van der Waals surface area contributed by atoms with E-state index in [1.165, 1.54) is 25.8 Å². The topological polar surface area (TPSA) is 150 Å². The molecule has 0 saturated heterocycles. The predicted octanol–water partition coefficient (Wildman–Crippen LogP) is 7.05. The van der Waals surface area contributed by atoms with E-state index >= 15 is 8.78 Å². The normalized spacial score (nSPS) is 17.7. The molecular weight excluding hydrogens is 892 g/mol. The number of amides is 1. The van der Waals surface area contributed by atoms with E-state index in [0.29, 0.717) is 16.8 Å². The lowest BCUT2D eigenvalue weighted by molar-refractivity contribution is -0.141. The Bertz CT molecular complexity index is 2980. The van der Waals surface area contributed by atoms with Crippen LogP contribution < -0.4 is 15.0 Å². The van der Waals surface area contributed by atoms with Crippen LogP contribution >= 0.6 is 20.3 Å². The molecule has 8 rings (SSSR count). The smallest absolute Gasteiger partial charge is 0.344 e. The lowest BCUT2D eigenvalue weighted by atomic mass is 10.0. The van der Waals surface area contributed by atoms with Crippen LogP contribution in [0.3, 0.4) is 0 Å². The van der Waals surface area contributed by atoms with Gasteiger partial charge in [0.1, 0.15) is 41.1 Å². The van der Waals surface area contributed by atoms with E-state index in [0.717, 1.165) is 37.8 Å². The van der Waals surface area contributed by atoms with Crippen LogP contribution in [0.1, 0.15) is 58.8 Å². The Hall–Kier alpha value is -5.28. The highest BCUT2D eigenvalue weighted by atomic mass is 35.5. The molecule has 2 unspecified atom stereocenters. The highest BCUT2D eigenvalue weighted by Gasteiger charge is 2.67. The average Bonchev–Trinajstić information content (AvgIpc) is 3.68. The van der Waals surface area contributed by atoms with Crippen LogP contribution in [0.25, 0.3) is 27.6 Å². The molecule has 1 N–H and O–H groups in total. The first-order valence-electron chi connectivity index (χ1n) is 17.9. The Kier molecular flexibility index (Phi) is 10.2. The molecule has 322 valence electrons. The molecule has 13 nitrogen and oxygen atoms in total. The second-order valence-corrected chi connectivity index (χ2v) is 17.9. The van der Waals surface area contributed by atoms with Gasteiger partial charge in [0.15, 0.2) is 11.5 Å². The van der Waals surface area contributed by atoms with Gasteiger partial charge in [0.2, 0.25) is 15.9 Å². The van der Waals surface area contributed by atoms with E-state index in [9.17, 15) is 48.7 Å². The summed E-state index contributed by atoms with van der Waals surface area (Å²) in [4.78, 5) is 36.5. The van der Waals surface area contributed by atoms with Crippen LogP contribution in [-0.4, -0.2) is 61.3 Å². The van der Waals surface area contributed by atoms with Crippen molar-refractivity contribution in [3.8, 4) is 5.69 Å². The fourth-order valence-corrected chi connectivity index (χ4v) is 10.3. The lowest BCUT2D eigenvalue weighted by Crippen LogP contribution is -2.38. The fourth-order valence-electron chi connectivity index (χ4n) is 7.92. The summed E-state index contributed by atoms with van der Waals surface area (Å²) in [6.45, 7) is 0.414. The Labute approximate surface area is 344 Å². The zero-order valence-electron chi connectivity index (χ0n) is 31.4. The molecule has 4 atom stereocenters. The van der Waals surface area contributed by atoms with E-state index < -0.39 is 125 Å². The first-order chi connectivity index (χ1) is 28.5. The minimum Gasteiger partial charge on any atom is -0.344 e. The average molecular weight is 920 g/mol. The van der Waals surface area contributed by atoms with Crippen LogP contribution in [0, 0.1) is 17.6 Å². The minimum absolute atomic E-state index is 0.0148. The van der Waals surface area contributed by atoms with Crippen molar-refractivity contribution in [3.63, 3.8) is 0 Å². The number of aryl methyl sites for hydroxylation is 1. The molecule has 1 fully saturated rings. The molecule has 61 heavy (non-hydrogen) atoms. The van der Waals surface area contributed by atoms with Gasteiger partial charge in [0, 0.05) is 31.0 Å². The van der Waals surface area contributed by atoms with E-state index in [-0.39, 0.29) is 45.0 Å². The predicted molar refractivity (Wildman–Crippen MR) is 204 cm³/mol.